The molecule has 6 nitrogen and oxygen atoms in total. The Kier molecular flexibility index (Phi) is 5.99. The predicted octanol–water partition coefficient (Wildman–Crippen LogP) is 0.948. The van der Waals surface area contributed by atoms with Gasteiger partial charge in [-0.1, -0.05) is 13.8 Å². The maximum Gasteiger partial charge on any atom is 0.274 e. The van der Waals surface area contributed by atoms with Crippen LogP contribution in [0.25, 0.3) is 0 Å². The first kappa shape index (κ1) is 16.2. The molecule has 1 aromatic heterocycles. The van der Waals surface area contributed by atoms with Crippen LogP contribution < -0.4 is 10.0 Å². The smallest absolute Gasteiger partial charge is 0.274 e. The van der Waals surface area contributed by atoms with E-state index in [2.05, 4.69) is 10.0 Å². The van der Waals surface area contributed by atoms with Gasteiger partial charge in [0.2, 0.25) is 5.09 Å². The lowest BCUT2D eigenvalue weighted by molar-refractivity contribution is 0.157. The maximum atomic E-state index is 12.2. The van der Waals surface area contributed by atoms with Gasteiger partial charge in [0.05, 0.1) is 13.2 Å². The summed E-state index contributed by atoms with van der Waals surface area (Å²) in [6.07, 6.45) is 0. The van der Waals surface area contributed by atoms with E-state index in [1.54, 1.807) is 20.2 Å². The molecule has 0 spiro atoms. The Morgan fingerprint density at radius 1 is 1.37 bits per heavy atom. The molecule has 110 valence electrons. The summed E-state index contributed by atoms with van der Waals surface area (Å²) in [4.78, 5) is 0. The van der Waals surface area contributed by atoms with Crippen molar-refractivity contribution in [2.75, 3.05) is 20.8 Å². The summed E-state index contributed by atoms with van der Waals surface area (Å²) >= 11 is 0. The molecule has 1 unspecified atom stereocenters. The van der Waals surface area contributed by atoms with Gasteiger partial charge in [0, 0.05) is 13.2 Å². The molecular weight excluding hydrogens is 268 g/mol. The largest absolute Gasteiger partial charge is 0.447 e. The van der Waals surface area contributed by atoms with Gasteiger partial charge in [-0.15, -0.1) is 0 Å². The molecule has 19 heavy (non-hydrogen) atoms. The third-order valence-corrected chi connectivity index (χ3v) is 4.07. The number of sulfonamides is 1. The van der Waals surface area contributed by atoms with Gasteiger partial charge < -0.3 is 14.5 Å². The SMILES string of the molecule is CNCc1ccc(S(=O)(=O)NC(COC)C(C)C)o1. The summed E-state index contributed by atoms with van der Waals surface area (Å²) in [6, 6.07) is 2.82. The summed E-state index contributed by atoms with van der Waals surface area (Å²) in [5, 5.41) is 2.83. The first-order chi connectivity index (χ1) is 8.90. The summed E-state index contributed by atoms with van der Waals surface area (Å²) in [5.74, 6) is 0.706. The van der Waals surface area contributed by atoms with Crippen molar-refractivity contribution in [3.05, 3.63) is 17.9 Å². The molecule has 0 saturated heterocycles. The third kappa shape index (κ3) is 4.61. The molecule has 2 N–H and O–H groups in total. The average molecular weight is 290 g/mol. The van der Waals surface area contributed by atoms with Crippen LogP contribution in [0.3, 0.4) is 0 Å². The topological polar surface area (TPSA) is 80.6 Å². The van der Waals surface area contributed by atoms with Crippen LogP contribution in [0.4, 0.5) is 0 Å². The Bertz CT molecular complexity index is 482. The molecule has 0 aliphatic heterocycles. The molecule has 0 aliphatic rings. The highest BCUT2D eigenvalue weighted by Gasteiger charge is 2.25. The van der Waals surface area contributed by atoms with E-state index in [1.807, 2.05) is 13.8 Å². The summed E-state index contributed by atoms with van der Waals surface area (Å²) in [7, 11) is -0.339. The van der Waals surface area contributed by atoms with Crippen LogP contribution in [-0.4, -0.2) is 35.2 Å². The Hall–Kier alpha value is -0.890. The van der Waals surface area contributed by atoms with E-state index in [1.165, 1.54) is 6.07 Å². The number of nitrogens with one attached hydrogen (secondary N) is 2. The molecule has 0 aliphatic carbocycles. The second-order valence-electron chi connectivity index (χ2n) is 4.68. The third-order valence-electron chi connectivity index (χ3n) is 2.71. The number of ether oxygens (including phenoxy) is 1. The lowest BCUT2D eigenvalue weighted by atomic mass is 10.1. The monoisotopic (exact) mass is 290 g/mol. The van der Waals surface area contributed by atoms with Crippen molar-refractivity contribution >= 4 is 10.0 Å². The molecule has 0 bridgehead atoms. The van der Waals surface area contributed by atoms with E-state index < -0.39 is 10.0 Å². The Morgan fingerprint density at radius 2 is 2.05 bits per heavy atom. The van der Waals surface area contributed by atoms with Crippen LogP contribution in [0.1, 0.15) is 19.6 Å². The van der Waals surface area contributed by atoms with Crippen molar-refractivity contribution in [2.24, 2.45) is 5.92 Å². The average Bonchev–Trinajstić information content (AvgIpc) is 2.78. The molecule has 7 heteroatoms. The molecule has 0 fully saturated rings. The van der Waals surface area contributed by atoms with Gasteiger partial charge in [0.15, 0.2) is 0 Å². The number of furan rings is 1. The van der Waals surface area contributed by atoms with Crippen LogP contribution >= 0.6 is 0 Å². The zero-order chi connectivity index (χ0) is 14.5. The van der Waals surface area contributed by atoms with E-state index in [4.69, 9.17) is 9.15 Å². The van der Waals surface area contributed by atoms with Crippen LogP contribution in [0.2, 0.25) is 0 Å². The Morgan fingerprint density at radius 3 is 2.58 bits per heavy atom. The highest BCUT2D eigenvalue weighted by atomic mass is 32.2. The summed E-state index contributed by atoms with van der Waals surface area (Å²) in [6.45, 7) is 4.67. The highest BCUT2D eigenvalue weighted by molar-refractivity contribution is 7.89. The van der Waals surface area contributed by atoms with Crippen molar-refractivity contribution < 1.29 is 17.6 Å². The fourth-order valence-corrected chi connectivity index (χ4v) is 2.89. The minimum atomic E-state index is -3.65. The molecule has 1 atom stereocenters. The maximum absolute atomic E-state index is 12.2. The Labute approximate surface area is 114 Å². The first-order valence-electron chi connectivity index (χ1n) is 6.15. The van der Waals surface area contributed by atoms with Crippen molar-refractivity contribution in [3.8, 4) is 0 Å². The van der Waals surface area contributed by atoms with Gasteiger partial charge in [0.1, 0.15) is 5.76 Å². The van der Waals surface area contributed by atoms with E-state index >= 15 is 0 Å². The lowest BCUT2D eigenvalue weighted by Crippen LogP contribution is -2.41. The van der Waals surface area contributed by atoms with Gasteiger partial charge in [-0.25, -0.2) is 13.1 Å². The zero-order valence-corrected chi connectivity index (χ0v) is 12.6. The molecule has 0 amide bonds. The molecule has 0 radical (unpaired) electrons. The number of methoxy groups -OCH3 is 1. The van der Waals surface area contributed by atoms with Gasteiger partial charge in [-0.3, -0.25) is 0 Å². The van der Waals surface area contributed by atoms with Gasteiger partial charge >= 0.3 is 0 Å². The number of rotatable bonds is 8. The fourth-order valence-electron chi connectivity index (χ4n) is 1.57. The molecule has 0 saturated carbocycles. The molecule has 1 heterocycles. The standard InChI is InChI=1S/C12H22N2O4S/c1-9(2)11(8-17-4)14-19(15,16)12-6-5-10(18-12)7-13-3/h5-6,9,11,13-14H,7-8H2,1-4H3. The van der Waals surface area contributed by atoms with Crippen molar-refractivity contribution in [1.82, 2.24) is 10.0 Å². The lowest BCUT2D eigenvalue weighted by Gasteiger charge is -2.20. The molecule has 1 aromatic rings. The summed E-state index contributed by atoms with van der Waals surface area (Å²) < 4.78 is 37.2. The van der Waals surface area contributed by atoms with E-state index in [0.717, 1.165) is 0 Å². The number of hydrogen-bond acceptors (Lipinski definition) is 5. The van der Waals surface area contributed by atoms with Crippen molar-refractivity contribution in [1.29, 1.82) is 0 Å². The minimum absolute atomic E-state index is 0.0699. The van der Waals surface area contributed by atoms with Gasteiger partial charge in [-0.2, -0.15) is 0 Å². The zero-order valence-electron chi connectivity index (χ0n) is 11.8. The highest BCUT2D eigenvalue weighted by Crippen LogP contribution is 2.15. The van der Waals surface area contributed by atoms with Crippen molar-refractivity contribution in [2.45, 2.75) is 31.5 Å². The quantitative estimate of drug-likeness (QED) is 0.745. The van der Waals surface area contributed by atoms with Gasteiger partial charge in [0.25, 0.3) is 10.0 Å². The molecular formula is C12H22N2O4S. The van der Waals surface area contributed by atoms with Crippen LogP contribution in [0.5, 0.6) is 0 Å². The molecule has 0 aromatic carbocycles. The second kappa shape index (κ2) is 7.04. The second-order valence-corrected chi connectivity index (χ2v) is 6.32. The Balaban J connectivity index is 2.83. The van der Waals surface area contributed by atoms with E-state index in [-0.39, 0.29) is 17.1 Å². The van der Waals surface area contributed by atoms with E-state index in [0.29, 0.717) is 18.9 Å². The van der Waals surface area contributed by atoms with Gasteiger partial charge in [-0.05, 0) is 25.1 Å². The van der Waals surface area contributed by atoms with Crippen LogP contribution in [0, 0.1) is 5.92 Å². The minimum Gasteiger partial charge on any atom is -0.447 e. The van der Waals surface area contributed by atoms with E-state index in [9.17, 15) is 8.42 Å². The van der Waals surface area contributed by atoms with Crippen LogP contribution in [0.15, 0.2) is 21.6 Å². The number of hydrogen-bond donors (Lipinski definition) is 2. The fraction of sp³-hybridized carbons (Fsp3) is 0.667. The molecule has 1 rings (SSSR count). The predicted molar refractivity (Wildman–Crippen MR) is 72.3 cm³/mol. The van der Waals surface area contributed by atoms with Crippen LogP contribution in [-0.2, 0) is 21.3 Å². The van der Waals surface area contributed by atoms with Crippen molar-refractivity contribution in [3.63, 3.8) is 0 Å². The normalized spacial score (nSPS) is 13.9. The first-order valence-corrected chi connectivity index (χ1v) is 7.63. The summed E-state index contributed by atoms with van der Waals surface area (Å²) in [5.41, 5.74) is 0.